The van der Waals surface area contributed by atoms with E-state index in [0.29, 0.717) is 17.6 Å². The van der Waals surface area contributed by atoms with Crippen molar-refractivity contribution in [2.75, 3.05) is 20.3 Å². The molecule has 1 rings (SSSR count). The van der Waals surface area contributed by atoms with Crippen LogP contribution in [0.1, 0.15) is 19.4 Å². The summed E-state index contributed by atoms with van der Waals surface area (Å²) in [6.45, 7) is 6.32. The first kappa shape index (κ1) is 18.1. The summed E-state index contributed by atoms with van der Waals surface area (Å²) in [5, 5.41) is 0. The van der Waals surface area contributed by atoms with E-state index < -0.39 is 10.0 Å². The van der Waals surface area contributed by atoms with E-state index >= 15 is 0 Å². The normalized spacial score (nSPS) is 13.8. The number of aryl methyl sites for hydroxylation is 1. The molecule has 7 heteroatoms. The number of nitrogens with zero attached hydrogens (tertiary/aromatic N) is 1. The van der Waals surface area contributed by atoms with Crippen LogP contribution in [-0.2, 0) is 14.8 Å². The molecule has 0 saturated heterocycles. The van der Waals surface area contributed by atoms with Crippen LogP contribution in [0.25, 0.3) is 0 Å². The van der Waals surface area contributed by atoms with Crippen LogP contribution in [0.4, 0.5) is 0 Å². The third-order valence-electron chi connectivity index (χ3n) is 3.01. The molecule has 0 bridgehead atoms. The summed E-state index contributed by atoms with van der Waals surface area (Å²) in [6, 6.07) is 3.21. The average molecular weight is 429 g/mol. The lowest BCUT2D eigenvalue weighted by atomic mass is 10.2. The second-order valence-electron chi connectivity index (χ2n) is 4.54. The Hall–Kier alpha value is 0.0500. The van der Waals surface area contributed by atoms with Crippen LogP contribution in [-0.4, -0.2) is 39.0 Å². The maximum absolute atomic E-state index is 12.8. The van der Waals surface area contributed by atoms with Gasteiger partial charge in [-0.05, 0) is 47.5 Å². The van der Waals surface area contributed by atoms with Gasteiger partial charge in [0.15, 0.2) is 0 Å². The second-order valence-corrected chi connectivity index (χ2v) is 8.11. The van der Waals surface area contributed by atoms with Gasteiger partial charge >= 0.3 is 0 Å². The van der Waals surface area contributed by atoms with Crippen LogP contribution >= 0.6 is 31.9 Å². The van der Waals surface area contributed by atoms with Gasteiger partial charge < -0.3 is 4.74 Å². The van der Waals surface area contributed by atoms with E-state index in [9.17, 15) is 8.42 Å². The average Bonchev–Trinajstić information content (AvgIpc) is 2.34. The Morgan fingerprint density at radius 1 is 1.30 bits per heavy atom. The van der Waals surface area contributed by atoms with Crippen molar-refractivity contribution in [3.8, 4) is 0 Å². The summed E-state index contributed by atoms with van der Waals surface area (Å²) in [5.41, 5.74) is 0.976. The zero-order chi connectivity index (χ0) is 15.5. The molecular weight excluding hydrogens is 410 g/mol. The molecule has 1 aromatic rings. The summed E-state index contributed by atoms with van der Waals surface area (Å²) in [6.07, 6.45) is 0. The highest BCUT2D eigenvalue weighted by atomic mass is 79.9. The highest BCUT2D eigenvalue weighted by Crippen LogP contribution is 2.31. The van der Waals surface area contributed by atoms with E-state index in [1.165, 1.54) is 4.31 Å². The minimum Gasteiger partial charge on any atom is -0.383 e. The first-order chi connectivity index (χ1) is 9.25. The maximum atomic E-state index is 12.8. The van der Waals surface area contributed by atoms with Crippen molar-refractivity contribution in [1.82, 2.24) is 4.31 Å². The summed E-state index contributed by atoms with van der Waals surface area (Å²) in [7, 11) is -2.00. The van der Waals surface area contributed by atoms with E-state index in [-0.39, 0.29) is 10.9 Å². The van der Waals surface area contributed by atoms with Gasteiger partial charge in [0, 0.05) is 28.6 Å². The summed E-state index contributed by atoms with van der Waals surface area (Å²) >= 11 is 6.73. The predicted molar refractivity (Wildman–Crippen MR) is 87.5 cm³/mol. The van der Waals surface area contributed by atoms with Crippen LogP contribution in [0.2, 0.25) is 0 Å². The molecule has 1 aromatic carbocycles. The van der Waals surface area contributed by atoms with Crippen molar-refractivity contribution in [3.63, 3.8) is 0 Å². The zero-order valence-corrected chi connectivity index (χ0v) is 16.0. The molecule has 20 heavy (non-hydrogen) atoms. The Morgan fingerprint density at radius 2 is 1.90 bits per heavy atom. The minimum atomic E-state index is -3.57. The van der Waals surface area contributed by atoms with Gasteiger partial charge in [-0.15, -0.1) is 0 Å². The zero-order valence-electron chi connectivity index (χ0n) is 12.0. The molecule has 4 nitrogen and oxygen atoms in total. The van der Waals surface area contributed by atoms with E-state index in [2.05, 4.69) is 31.9 Å². The molecule has 114 valence electrons. The Labute approximate surface area is 137 Å². The van der Waals surface area contributed by atoms with E-state index in [0.717, 1.165) is 10.0 Å². The van der Waals surface area contributed by atoms with Crippen LogP contribution in [0.3, 0.4) is 0 Å². The van der Waals surface area contributed by atoms with Crippen molar-refractivity contribution < 1.29 is 13.2 Å². The molecule has 0 aliphatic carbocycles. The lowest BCUT2D eigenvalue weighted by molar-refractivity contribution is 0.142. The molecule has 0 radical (unpaired) electrons. The van der Waals surface area contributed by atoms with Crippen molar-refractivity contribution in [3.05, 3.63) is 26.6 Å². The van der Waals surface area contributed by atoms with E-state index in [1.54, 1.807) is 19.2 Å². The summed E-state index contributed by atoms with van der Waals surface area (Å²) in [4.78, 5) is 0.264. The fourth-order valence-corrected chi connectivity index (χ4v) is 5.26. The highest BCUT2D eigenvalue weighted by molar-refractivity contribution is 9.11. The second kappa shape index (κ2) is 7.35. The van der Waals surface area contributed by atoms with Gasteiger partial charge in [-0.1, -0.05) is 22.9 Å². The van der Waals surface area contributed by atoms with E-state index in [1.807, 2.05) is 20.8 Å². The first-order valence-corrected chi connectivity index (χ1v) is 9.24. The van der Waals surface area contributed by atoms with Gasteiger partial charge in [0.05, 0.1) is 11.5 Å². The van der Waals surface area contributed by atoms with Gasteiger partial charge in [-0.2, -0.15) is 4.31 Å². The lowest BCUT2D eigenvalue weighted by Crippen LogP contribution is -2.41. The monoisotopic (exact) mass is 427 g/mol. The topological polar surface area (TPSA) is 46.6 Å². The van der Waals surface area contributed by atoms with Crippen LogP contribution < -0.4 is 0 Å². The first-order valence-electron chi connectivity index (χ1n) is 6.22. The Balaban J connectivity index is 3.31. The fraction of sp³-hybridized carbons (Fsp3) is 0.538. The Morgan fingerprint density at radius 3 is 2.40 bits per heavy atom. The third kappa shape index (κ3) is 3.82. The van der Waals surface area contributed by atoms with Crippen molar-refractivity contribution >= 4 is 41.9 Å². The molecule has 0 aromatic heterocycles. The number of hydrogen-bond acceptors (Lipinski definition) is 3. The largest absolute Gasteiger partial charge is 0.383 e. The number of methoxy groups -OCH3 is 1. The van der Waals surface area contributed by atoms with Crippen LogP contribution in [0.15, 0.2) is 26.0 Å². The molecule has 0 N–H and O–H groups in total. The molecule has 1 atom stereocenters. The molecule has 0 heterocycles. The molecule has 0 spiro atoms. The predicted octanol–water partition coefficient (Wildman–Crippen LogP) is 3.57. The Bertz CT molecular complexity index is 575. The number of sulfonamides is 1. The number of halogens is 2. The number of hydrogen-bond donors (Lipinski definition) is 0. The van der Waals surface area contributed by atoms with Gasteiger partial charge in [0.25, 0.3) is 0 Å². The minimum absolute atomic E-state index is 0.220. The number of likely N-dealkylation sites (N-methyl/N-ethyl adjacent to an activating group) is 1. The van der Waals surface area contributed by atoms with Crippen molar-refractivity contribution in [2.24, 2.45) is 0 Å². The standard InChI is InChI=1S/C13H19Br2NO3S/c1-5-16(10(3)8-19-4)20(17,18)13-7-11(14)9(2)6-12(13)15/h6-7,10H,5,8H2,1-4H3. The van der Waals surface area contributed by atoms with Crippen molar-refractivity contribution in [2.45, 2.75) is 31.7 Å². The smallest absolute Gasteiger partial charge is 0.244 e. The number of rotatable bonds is 6. The molecule has 0 aliphatic rings. The molecule has 0 amide bonds. The molecule has 1 unspecified atom stereocenters. The fourth-order valence-electron chi connectivity index (χ4n) is 1.99. The number of benzene rings is 1. The third-order valence-corrected chi connectivity index (χ3v) is 6.91. The van der Waals surface area contributed by atoms with Crippen LogP contribution in [0.5, 0.6) is 0 Å². The maximum Gasteiger partial charge on any atom is 0.244 e. The molecule has 0 aliphatic heterocycles. The Kier molecular flexibility index (Phi) is 6.66. The molecule has 0 fully saturated rings. The molecular formula is C13H19Br2NO3S. The molecule has 0 saturated carbocycles. The number of ether oxygens (including phenoxy) is 1. The van der Waals surface area contributed by atoms with E-state index in [4.69, 9.17) is 4.74 Å². The van der Waals surface area contributed by atoms with Crippen LogP contribution in [0, 0.1) is 6.92 Å². The quantitative estimate of drug-likeness (QED) is 0.695. The highest BCUT2D eigenvalue weighted by Gasteiger charge is 2.29. The van der Waals surface area contributed by atoms with Gasteiger partial charge in [0.1, 0.15) is 0 Å². The summed E-state index contributed by atoms with van der Waals surface area (Å²) in [5.74, 6) is 0. The SMILES string of the molecule is CCN(C(C)COC)S(=O)(=O)c1cc(Br)c(C)cc1Br. The van der Waals surface area contributed by atoms with Gasteiger partial charge in [0.2, 0.25) is 10.0 Å². The van der Waals surface area contributed by atoms with Gasteiger partial charge in [-0.25, -0.2) is 8.42 Å². The van der Waals surface area contributed by atoms with Crippen molar-refractivity contribution in [1.29, 1.82) is 0 Å². The van der Waals surface area contributed by atoms with Gasteiger partial charge in [-0.3, -0.25) is 0 Å². The lowest BCUT2D eigenvalue weighted by Gasteiger charge is -2.27. The summed E-state index contributed by atoms with van der Waals surface area (Å²) < 4.78 is 33.4.